The molecule has 2 nitrogen and oxygen atoms in total. The highest BCUT2D eigenvalue weighted by Gasteiger charge is 2.31. The number of aliphatic hydroxyl groups is 1. The van der Waals surface area contributed by atoms with Gasteiger partial charge in [-0.05, 0) is 45.0 Å². The maximum atomic E-state index is 13.7. The summed E-state index contributed by atoms with van der Waals surface area (Å²) in [5.74, 6) is -0.325. The first kappa shape index (κ1) is 13.8. The summed E-state index contributed by atoms with van der Waals surface area (Å²) < 4.78 is 13.7. The maximum Gasteiger partial charge on any atom is 0.127 e. The van der Waals surface area contributed by atoms with E-state index >= 15 is 0 Å². The highest BCUT2D eigenvalue weighted by atomic mass is 35.5. The molecule has 0 amide bonds. The van der Waals surface area contributed by atoms with Gasteiger partial charge in [0, 0.05) is 23.6 Å². The molecule has 2 rings (SSSR count). The Balaban J connectivity index is 2.16. The first-order valence-electron chi connectivity index (χ1n) is 6.34. The molecular formula is C14H19ClFNO. The van der Waals surface area contributed by atoms with Crippen molar-refractivity contribution < 1.29 is 9.50 Å². The Bertz CT molecular complexity index is 406. The molecule has 1 aliphatic heterocycles. The highest BCUT2D eigenvalue weighted by molar-refractivity contribution is 6.31. The number of hydrogen-bond acceptors (Lipinski definition) is 2. The quantitative estimate of drug-likeness (QED) is 0.894. The zero-order valence-electron chi connectivity index (χ0n) is 10.6. The van der Waals surface area contributed by atoms with E-state index in [0.717, 1.165) is 19.5 Å². The molecule has 1 saturated heterocycles. The normalized spacial score (nSPS) is 26.0. The van der Waals surface area contributed by atoms with Gasteiger partial charge in [-0.15, -0.1) is 0 Å². The number of benzene rings is 1. The standard InChI is InChI=1S/C14H19ClFNO/c1-17-8-3-6-14(18,7-9-17)10-11-12(15)4-2-5-13(11)16/h2,4-5,18H,3,6-10H2,1H3. The number of rotatable bonds is 2. The average molecular weight is 272 g/mol. The fourth-order valence-corrected chi connectivity index (χ4v) is 2.75. The van der Waals surface area contributed by atoms with Gasteiger partial charge in [0.05, 0.1) is 5.60 Å². The Morgan fingerprint density at radius 3 is 2.89 bits per heavy atom. The zero-order valence-corrected chi connectivity index (χ0v) is 11.4. The third-order valence-corrected chi connectivity index (χ3v) is 4.06. The van der Waals surface area contributed by atoms with Crippen molar-refractivity contribution in [3.63, 3.8) is 0 Å². The van der Waals surface area contributed by atoms with Gasteiger partial charge in [0.2, 0.25) is 0 Å². The molecule has 1 unspecified atom stereocenters. The molecule has 0 saturated carbocycles. The van der Waals surface area contributed by atoms with Crippen molar-refractivity contribution in [3.05, 3.63) is 34.6 Å². The van der Waals surface area contributed by atoms with Crippen LogP contribution in [-0.2, 0) is 6.42 Å². The van der Waals surface area contributed by atoms with Crippen LogP contribution in [0, 0.1) is 5.82 Å². The van der Waals surface area contributed by atoms with Crippen molar-refractivity contribution in [1.29, 1.82) is 0 Å². The molecule has 1 atom stereocenters. The first-order chi connectivity index (χ1) is 8.50. The molecule has 100 valence electrons. The van der Waals surface area contributed by atoms with E-state index in [1.807, 2.05) is 7.05 Å². The van der Waals surface area contributed by atoms with Gasteiger partial charge < -0.3 is 10.0 Å². The fourth-order valence-electron chi connectivity index (χ4n) is 2.52. The predicted octanol–water partition coefficient (Wildman–Crippen LogP) is 2.87. The van der Waals surface area contributed by atoms with E-state index in [2.05, 4.69) is 4.90 Å². The second kappa shape index (κ2) is 5.55. The van der Waals surface area contributed by atoms with Crippen LogP contribution >= 0.6 is 11.6 Å². The molecule has 1 fully saturated rings. The van der Waals surface area contributed by atoms with E-state index in [1.54, 1.807) is 12.1 Å². The van der Waals surface area contributed by atoms with Gasteiger partial charge in [-0.25, -0.2) is 4.39 Å². The van der Waals surface area contributed by atoms with Crippen LogP contribution in [0.2, 0.25) is 5.02 Å². The Morgan fingerprint density at radius 2 is 2.17 bits per heavy atom. The summed E-state index contributed by atoms with van der Waals surface area (Å²) in [5, 5.41) is 11.0. The summed E-state index contributed by atoms with van der Waals surface area (Å²) in [6.45, 7) is 1.82. The molecule has 0 bridgehead atoms. The smallest absolute Gasteiger partial charge is 0.127 e. The van der Waals surface area contributed by atoms with E-state index in [9.17, 15) is 9.50 Å². The van der Waals surface area contributed by atoms with Crippen LogP contribution in [0.3, 0.4) is 0 Å². The summed E-state index contributed by atoms with van der Waals surface area (Å²) in [7, 11) is 2.04. The molecule has 1 heterocycles. The van der Waals surface area contributed by atoms with E-state index in [4.69, 9.17) is 11.6 Å². The molecule has 0 radical (unpaired) electrons. The zero-order chi connectivity index (χ0) is 13.2. The summed E-state index contributed by atoms with van der Waals surface area (Å²) in [4.78, 5) is 2.20. The van der Waals surface area contributed by atoms with Gasteiger partial charge in [-0.3, -0.25) is 0 Å². The molecule has 0 spiro atoms. The van der Waals surface area contributed by atoms with Gasteiger partial charge >= 0.3 is 0 Å². The minimum atomic E-state index is -0.837. The SMILES string of the molecule is CN1CCCC(O)(Cc2c(F)cccc2Cl)CC1. The molecule has 1 aliphatic rings. The van der Waals surface area contributed by atoms with Gasteiger partial charge in [-0.2, -0.15) is 0 Å². The lowest BCUT2D eigenvalue weighted by Gasteiger charge is -2.27. The van der Waals surface area contributed by atoms with Crippen LogP contribution < -0.4 is 0 Å². The van der Waals surface area contributed by atoms with Crippen molar-refractivity contribution in [1.82, 2.24) is 4.90 Å². The third-order valence-electron chi connectivity index (χ3n) is 3.71. The molecular weight excluding hydrogens is 253 g/mol. The Kier molecular flexibility index (Phi) is 4.25. The molecule has 0 aromatic heterocycles. The van der Waals surface area contributed by atoms with Crippen molar-refractivity contribution in [2.75, 3.05) is 20.1 Å². The van der Waals surface area contributed by atoms with Crippen molar-refractivity contribution >= 4 is 11.6 Å². The topological polar surface area (TPSA) is 23.5 Å². The molecule has 0 aliphatic carbocycles. The number of hydrogen-bond donors (Lipinski definition) is 1. The Morgan fingerprint density at radius 1 is 1.39 bits per heavy atom. The summed E-state index contributed by atoms with van der Waals surface area (Å²) >= 11 is 6.02. The fraction of sp³-hybridized carbons (Fsp3) is 0.571. The van der Waals surface area contributed by atoms with E-state index in [-0.39, 0.29) is 5.82 Å². The molecule has 1 aromatic rings. The second-order valence-electron chi connectivity index (χ2n) is 5.26. The lowest BCUT2D eigenvalue weighted by molar-refractivity contribution is 0.0255. The second-order valence-corrected chi connectivity index (χ2v) is 5.67. The predicted molar refractivity (Wildman–Crippen MR) is 71.4 cm³/mol. The highest BCUT2D eigenvalue weighted by Crippen LogP contribution is 2.30. The maximum absolute atomic E-state index is 13.7. The minimum absolute atomic E-state index is 0.298. The lowest BCUT2D eigenvalue weighted by Crippen LogP contribution is -2.33. The summed E-state index contributed by atoms with van der Waals surface area (Å²) in [6.07, 6.45) is 2.58. The Labute approximate surface area is 112 Å². The number of halogens is 2. The van der Waals surface area contributed by atoms with Crippen LogP contribution in [0.4, 0.5) is 4.39 Å². The minimum Gasteiger partial charge on any atom is -0.389 e. The average Bonchev–Trinajstić information content (AvgIpc) is 2.47. The Hall–Kier alpha value is -0.640. The molecule has 18 heavy (non-hydrogen) atoms. The third kappa shape index (κ3) is 3.22. The first-order valence-corrected chi connectivity index (χ1v) is 6.72. The van der Waals surface area contributed by atoms with Gasteiger partial charge in [0.15, 0.2) is 0 Å². The lowest BCUT2D eigenvalue weighted by atomic mass is 9.87. The van der Waals surface area contributed by atoms with Crippen LogP contribution in [0.5, 0.6) is 0 Å². The number of nitrogens with zero attached hydrogens (tertiary/aromatic N) is 1. The van der Waals surface area contributed by atoms with E-state index in [0.29, 0.717) is 29.8 Å². The summed E-state index contributed by atoms with van der Waals surface area (Å²) in [6, 6.07) is 4.66. The van der Waals surface area contributed by atoms with Gasteiger partial charge in [0.1, 0.15) is 5.82 Å². The number of likely N-dealkylation sites (tertiary alicyclic amines) is 1. The van der Waals surface area contributed by atoms with E-state index in [1.165, 1.54) is 6.07 Å². The molecule has 1 N–H and O–H groups in total. The monoisotopic (exact) mass is 271 g/mol. The summed E-state index contributed by atoms with van der Waals surface area (Å²) in [5.41, 5.74) is -0.400. The van der Waals surface area contributed by atoms with Crippen LogP contribution in [0.25, 0.3) is 0 Å². The van der Waals surface area contributed by atoms with Crippen molar-refractivity contribution in [3.8, 4) is 0 Å². The van der Waals surface area contributed by atoms with Crippen LogP contribution in [0.15, 0.2) is 18.2 Å². The van der Waals surface area contributed by atoms with Gasteiger partial charge in [0.25, 0.3) is 0 Å². The van der Waals surface area contributed by atoms with Crippen LogP contribution in [0.1, 0.15) is 24.8 Å². The van der Waals surface area contributed by atoms with Gasteiger partial charge in [-0.1, -0.05) is 17.7 Å². The molecule has 4 heteroatoms. The van der Waals surface area contributed by atoms with Crippen molar-refractivity contribution in [2.45, 2.75) is 31.3 Å². The van der Waals surface area contributed by atoms with Crippen molar-refractivity contribution in [2.24, 2.45) is 0 Å². The van der Waals surface area contributed by atoms with E-state index < -0.39 is 5.60 Å². The van der Waals surface area contributed by atoms with Crippen LogP contribution in [-0.4, -0.2) is 35.7 Å². The molecule has 1 aromatic carbocycles. The largest absolute Gasteiger partial charge is 0.389 e.